The Kier molecular flexibility index (Phi) is 50.2. The molecule has 67 heavy (non-hydrogen) atoms. The number of rotatable bonds is 53. The Hall–Kier alpha value is -2.89. The Morgan fingerprint density at radius 1 is 0.358 bits per heavy atom. The molecule has 5 amide bonds. The van der Waals surface area contributed by atoms with Gasteiger partial charge in [0.2, 0.25) is 29.5 Å². The molecule has 0 bridgehead atoms. The van der Waals surface area contributed by atoms with E-state index in [4.69, 9.17) is 28.4 Å². The quantitative estimate of drug-likeness (QED) is 0.0385. The van der Waals surface area contributed by atoms with E-state index in [-0.39, 0.29) is 63.2 Å². The third-order valence-corrected chi connectivity index (χ3v) is 11.2. The summed E-state index contributed by atoms with van der Waals surface area (Å²) in [5.74, 6) is -0.930. The number of methoxy groups -OCH3 is 1. The molecule has 5 N–H and O–H groups in total. The van der Waals surface area contributed by atoms with Gasteiger partial charge in [0.1, 0.15) is 19.3 Å². The maximum atomic E-state index is 13.0. The van der Waals surface area contributed by atoms with Gasteiger partial charge in [-0.15, -0.1) is 0 Å². The maximum absolute atomic E-state index is 13.0. The van der Waals surface area contributed by atoms with Crippen LogP contribution in [0.5, 0.6) is 0 Å². The van der Waals surface area contributed by atoms with E-state index in [1.807, 2.05) is 0 Å². The van der Waals surface area contributed by atoms with Crippen molar-refractivity contribution < 1.29 is 52.4 Å². The predicted molar refractivity (Wildman–Crippen MR) is 266 cm³/mol. The Bertz CT molecular complexity index is 1150. The topological polar surface area (TPSA) is 201 Å². The van der Waals surface area contributed by atoms with Crippen molar-refractivity contribution in [2.45, 2.75) is 193 Å². The van der Waals surface area contributed by atoms with Gasteiger partial charge in [0.05, 0.1) is 59.5 Å². The van der Waals surface area contributed by atoms with Gasteiger partial charge in [-0.3, -0.25) is 24.0 Å². The molecule has 0 heterocycles. The average Bonchev–Trinajstić information content (AvgIpc) is 3.32. The standard InChI is InChI=1S/C51H99N5O11/c1-4-6-8-10-12-14-16-18-20-22-24-29-47(57)53-32-35-64-40-42-66-44-49(59)52-31-27-26-28-46(51(61)55-34-37-63-39-38-62-3)56-50(60)45-67-43-41-65-36-33-54-48(58)30-25-23-21-19-17-15-13-11-9-7-5-2/h46H,4-45H2,1-3H3,(H,52,59)(H,53,57)(H,54,58)(H,55,61)(H,56,60). The van der Waals surface area contributed by atoms with E-state index >= 15 is 0 Å². The van der Waals surface area contributed by atoms with E-state index in [0.29, 0.717) is 91.4 Å². The summed E-state index contributed by atoms with van der Waals surface area (Å²) >= 11 is 0. The summed E-state index contributed by atoms with van der Waals surface area (Å²) in [4.78, 5) is 62.1. The van der Waals surface area contributed by atoms with Crippen molar-refractivity contribution in [1.82, 2.24) is 26.6 Å². The first kappa shape index (κ1) is 64.1. The summed E-state index contributed by atoms with van der Waals surface area (Å²) in [5, 5.41) is 14.2. The SMILES string of the molecule is CCCCCCCCCCCCCC(=O)NCCOCCOCC(=O)NCCCCC(NC(=O)COCCOCCNC(=O)CCCCCCCCCCCCC)C(=O)NCCOCCOC. The second kappa shape index (κ2) is 52.5. The van der Waals surface area contributed by atoms with Crippen LogP contribution in [-0.4, -0.2) is 142 Å². The van der Waals surface area contributed by atoms with Crippen LogP contribution in [-0.2, 0) is 52.4 Å². The lowest BCUT2D eigenvalue weighted by Crippen LogP contribution is -2.48. The van der Waals surface area contributed by atoms with Crippen LogP contribution in [0, 0.1) is 0 Å². The normalized spacial score (nSPS) is 11.6. The summed E-state index contributed by atoms with van der Waals surface area (Å²) in [6, 6.07) is -0.790. The third kappa shape index (κ3) is 49.3. The summed E-state index contributed by atoms with van der Waals surface area (Å²) in [7, 11) is 1.58. The molecule has 0 saturated carbocycles. The van der Waals surface area contributed by atoms with E-state index in [1.54, 1.807) is 7.11 Å². The van der Waals surface area contributed by atoms with Crippen LogP contribution in [0.3, 0.4) is 0 Å². The fourth-order valence-electron chi connectivity index (χ4n) is 7.24. The van der Waals surface area contributed by atoms with Crippen LogP contribution in [0.1, 0.15) is 187 Å². The van der Waals surface area contributed by atoms with Crippen LogP contribution >= 0.6 is 0 Å². The van der Waals surface area contributed by atoms with Crippen molar-refractivity contribution in [3.8, 4) is 0 Å². The van der Waals surface area contributed by atoms with Crippen LogP contribution < -0.4 is 26.6 Å². The molecule has 0 radical (unpaired) electrons. The van der Waals surface area contributed by atoms with Gasteiger partial charge >= 0.3 is 0 Å². The second-order valence-corrected chi connectivity index (χ2v) is 17.5. The van der Waals surface area contributed by atoms with E-state index in [2.05, 4.69) is 40.4 Å². The highest BCUT2D eigenvalue weighted by molar-refractivity contribution is 5.88. The van der Waals surface area contributed by atoms with E-state index in [1.165, 1.54) is 116 Å². The lowest BCUT2D eigenvalue weighted by atomic mass is 10.1. The van der Waals surface area contributed by atoms with E-state index in [9.17, 15) is 24.0 Å². The van der Waals surface area contributed by atoms with Crippen LogP contribution in [0.2, 0.25) is 0 Å². The molecule has 16 nitrogen and oxygen atoms in total. The van der Waals surface area contributed by atoms with Gasteiger partial charge in [0.15, 0.2) is 0 Å². The lowest BCUT2D eigenvalue weighted by molar-refractivity contribution is -0.132. The highest BCUT2D eigenvalue weighted by atomic mass is 16.5. The number of amides is 5. The minimum atomic E-state index is -0.790. The number of nitrogens with one attached hydrogen (secondary N) is 5. The molecule has 0 aliphatic carbocycles. The van der Waals surface area contributed by atoms with Crippen molar-refractivity contribution in [2.75, 3.05) is 106 Å². The molecule has 16 heteroatoms. The lowest BCUT2D eigenvalue weighted by Gasteiger charge is -2.19. The van der Waals surface area contributed by atoms with Crippen molar-refractivity contribution in [1.29, 1.82) is 0 Å². The zero-order valence-electron chi connectivity index (χ0n) is 42.8. The van der Waals surface area contributed by atoms with Crippen LogP contribution in [0.15, 0.2) is 0 Å². The van der Waals surface area contributed by atoms with Crippen molar-refractivity contribution in [2.24, 2.45) is 0 Å². The van der Waals surface area contributed by atoms with Gasteiger partial charge in [-0.05, 0) is 32.1 Å². The van der Waals surface area contributed by atoms with Crippen molar-refractivity contribution in [3.05, 3.63) is 0 Å². The molecular formula is C51H99N5O11. The molecule has 394 valence electrons. The first-order valence-corrected chi connectivity index (χ1v) is 26.6. The number of hydrogen-bond donors (Lipinski definition) is 5. The molecule has 0 aliphatic heterocycles. The molecular weight excluding hydrogens is 859 g/mol. The Morgan fingerprint density at radius 3 is 1.18 bits per heavy atom. The summed E-state index contributed by atoms with van der Waals surface area (Å²) in [5.41, 5.74) is 0. The predicted octanol–water partition coefficient (Wildman–Crippen LogP) is 7.24. The van der Waals surface area contributed by atoms with Crippen LogP contribution in [0.25, 0.3) is 0 Å². The largest absolute Gasteiger partial charge is 0.382 e. The molecule has 1 atom stereocenters. The Morgan fingerprint density at radius 2 is 0.731 bits per heavy atom. The van der Waals surface area contributed by atoms with Crippen LogP contribution in [0.4, 0.5) is 0 Å². The van der Waals surface area contributed by atoms with Gasteiger partial charge in [-0.1, -0.05) is 142 Å². The number of carbonyl (C=O) groups excluding carboxylic acids is 5. The zero-order chi connectivity index (χ0) is 48.9. The fraction of sp³-hybridized carbons (Fsp3) is 0.902. The van der Waals surface area contributed by atoms with E-state index < -0.39 is 11.9 Å². The smallest absolute Gasteiger partial charge is 0.246 e. The number of hydrogen-bond acceptors (Lipinski definition) is 11. The monoisotopic (exact) mass is 958 g/mol. The molecule has 0 saturated heterocycles. The molecule has 0 aliphatic rings. The molecule has 0 aromatic rings. The Balaban J connectivity index is 4.07. The molecule has 0 aromatic heterocycles. The number of ether oxygens (including phenoxy) is 6. The van der Waals surface area contributed by atoms with Gasteiger partial charge in [-0.25, -0.2) is 0 Å². The van der Waals surface area contributed by atoms with Crippen molar-refractivity contribution >= 4 is 29.5 Å². The molecule has 0 aromatic carbocycles. The van der Waals surface area contributed by atoms with Gasteiger partial charge < -0.3 is 55.0 Å². The van der Waals surface area contributed by atoms with Gasteiger partial charge in [-0.2, -0.15) is 0 Å². The number of unbranched alkanes of at least 4 members (excludes halogenated alkanes) is 21. The first-order valence-electron chi connectivity index (χ1n) is 26.6. The fourth-order valence-corrected chi connectivity index (χ4v) is 7.24. The average molecular weight is 958 g/mol. The highest BCUT2D eigenvalue weighted by Crippen LogP contribution is 2.13. The van der Waals surface area contributed by atoms with Gasteiger partial charge in [0.25, 0.3) is 0 Å². The maximum Gasteiger partial charge on any atom is 0.246 e. The number of carbonyl (C=O) groups is 5. The summed E-state index contributed by atoms with van der Waals surface area (Å²) in [6.45, 7) is 8.59. The zero-order valence-corrected chi connectivity index (χ0v) is 42.8. The third-order valence-electron chi connectivity index (χ3n) is 11.2. The molecule has 0 fully saturated rings. The molecule has 1 unspecified atom stereocenters. The van der Waals surface area contributed by atoms with Gasteiger partial charge in [0, 0.05) is 46.1 Å². The summed E-state index contributed by atoms with van der Waals surface area (Å²) in [6.07, 6.45) is 30.1. The highest BCUT2D eigenvalue weighted by Gasteiger charge is 2.20. The molecule has 0 rings (SSSR count). The minimum Gasteiger partial charge on any atom is -0.382 e. The Labute approximate surface area is 406 Å². The first-order chi connectivity index (χ1) is 32.8. The van der Waals surface area contributed by atoms with E-state index in [0.717, 1.165) is 25.7 Å². The minimum absolute atomic E-state index is 0.0389. The molecule has 0 spiro atoms. The second-order valence-electron chi connectivity index (χ2n) is 17.5. The summed E-state index contributed by atoms with van der Waals surface area (Å²) < 4.78 is 32.3. The van der Waals surface area contributed by atoms with Crippen molar-refractivity contribution in [3.63, 3.8) is 0 Å².